The lowest BCUT2D eigenvalue weighted by molar-refractivity contribution is -0.385. The Balaban J connectivity index is 1.80. The highest BCUT2D eigenvalue weighted by atomic mass is 35.5. The van der Waals surface area contributed by atoms with Crippen molar-refractivity contribution in [2.24, 2.45) is 5.10 Å². The zero-order valence-corrected chi connectivity index (χ0v) is 16.5. The molecule has 144 valence electrons. The van der Waals surface area contributed by atoms with Gasteiger partial charge in [0.1, 0.15) is 0 Å². The molecule has 0 unspecified atom stereocenters. The highest BCUT2D eigenvalue weighted by Crippen LogP contribution is 2.34. The zero-order valence-electron chi connectivity index (χ0n) is 14.2. The Labute approximate surface area is 173 Å². The number of nitrogens with zero attached hydrogens (tertiary/aromatic N) is 3. The van der Waals surface area contributed by atoms with E-state index in [1.54, 1.807) is 23.6 Å². The summed E-state index contributed by atoms with van der Waals surface area (Å²) in [6.07, 6.45) is 1.24. The lowest BCUT2D eigenvalue weighted by Gasteiger charge is -2.05. The Hall–Kier alpha value is -2.88. The summed E-state index contributed by atoms with van der Waals surface area (Å²) in [6.45, 7) is 0. The second kappa shape index (κ2) is 8.42. The van der Waals surface area contributed by atoms with Crippen molar-refractivity contribution in [3.05, 3.63) is 61.4 Å². The van der Waals surface area contributed by atoms with E-state index in [-0.39, 0.29) is 22.7 Å². The molecule has 0 saturated heterocycles. The summed E-state index contributed by atoms with van der Waals surface area (Å²) in [4.78, 5) is 14.8. The number of methoxy groups -OCH3 is 1. The van der Waals surface area contributed by atoms with E-state index in [1.807, 2.05) is 0 Å². The number of rotatable bonds is 6. The van der Waals surface area contributed by atoms with E-state index in [9.17, 15) is 15.2 Å². The monoisotopic (exact) mass is 438 g/mol. The van der Waals surface area contributed by atoms with Crippen LogP contribution in [0.4, 0.5) is 10.8 Å². The van der Waals surface area contributed by atoms with Crippen LogP contribution in [0, 0.1) is 10.1 Å². The third-order valence-electron chi connectivity index (χ3n) is 3.60. The van der Waals surface area contributed by atoms with Gasteiger partial charge in [-0.25, -0.2) is 4.98 Å². The molecule has 0 saturated carbocycles. The summed E-state index contributed by atoms with van der Waals surface area (Å²) in [5, 5.41) is 28.3. The molecule has 0 aliphatic carbocycles. The summed E-state index contributed by atoms with van der Waals surface area (Å²) in [5.41, 5.74) is 3.97. The molecule has 1 aromatic heterocycles. The second-order valence-corrected chi connectivity index (χ2v) is 7.08. The lowest BCUT2D eigenvalue weighted by Crippen LogP contribution is -1.96. The Morgan fingerprint density at radius 1 is 1.36 bits per heavy atom. The average molecular weight is 439 g/mol. The van der Waals surface area contributed by atoms with Gasteiger partial charge in [0.05, 0.1) is 35.0 Å². The number of halogens is 2. The molecule has 0 bridgehead atoms. The van der Waals surface area contributed by atoms with Crippen LogP contribution in [0.5, 0.6) is 11.5 Å². The number of thiazole rings is 1. The number of nitro groups is 1. The fourth-order valence-corrected chi connectivity index (χ4v) is 3.44. The number of hydrogen-bond donors (Lipinski definition) is 2. The SMILES string of the molecule is COc1cc([N+](=O)[O-])cc(/C=N/Nc2nc(-c3ccc(Cl)cc3Cl)cs2)c1O. The van der Waals surface area contributed by atoms with Crippen molar-refractivity contribution in [1.29, 1.82) is 0 Å². The number of benzene rings is 2. The molecule has 0 aliphatic heterocycles. The summed E-state index contributed by atoms with van der Waals surface area (Å²) >= 11 is 13.4. The van der Waals surface area contributed by atoms with Crippen LogP contribution in [0.1, 0.15) is 5.56 Å². The number of ether oxygens (including phenoxy) is 1. The number of anilines is 1. The van der Waals surface area contributed by atoms with Crippen molar-refractivity contribution in [2.75, 3.05) is 12.5 Å². The molecule has 2 N–H and O–H groups in total. The molecule has 3 aromatic rings. The maximum atomic E-state index is 11.0. The largest absolute Gasteiger partial charge is 0.504 e. The van der Waals surface area contributed by atoms with Crippen LogP contribution in [0.2, 0.25) is 10.0 Å². The minimum absolute atomic E-state index is 0.0236. The van der Waals surface area contributed by atoms with E-state index in [0.717, 1.165) is 11.6 Å². The Morgan fingerprint density at radius 3 is 2.82 bits per heavy atom. The van der Waals surface area contributed by atoms with E-state index in [0.29, 0.717) is 20.9 Å². The Morgan fingerprint density at radius 2 is 2.14 bits per heavy atom. The maximum absolute atomic E-state index is 11.0. The van der Waals surface area contributed by atoms with Gasteiger partial charge in [0.25, 0.3) is 5.69 Å². The van der Waals surface area contributed by atoms with Crippen LogP contribution >= 0.6 is 34.5 Å². The second-order valence-electron chi connectivity index (χ2n) is 5.38. The van der Waals surface area contributed by atoms with Gasteiger partial charge in [0.15, 0.2) is 11.5 Å². The molecule has 0 aliphatic rings. The lowest BCUT2D eigenvalue weighted by atomic mass is 10.2. The predicted octanol–water partition coefficient (Wildman–Crippen LogP) is 5.19. The first-order chi connectivity index (χ1) is 13.4. The van der Waals surface area contributed by atoms with Crippen LogP contribution in [-0.4, -0.2) is 28.3 Å². The first kappa shape index (κ1) is 19.9. The minimum atomic E-state index is -0.588. The molecule has 8 nitrogen and oxygen atoms in total. The van der Waals surface area contributed by atoms with Crippen molar-refractivity contribution in [1.82, 2.24) is 4.98 Å². The normalized spacial score (nSPS) is 11.0. The van der Waals surface area contributed by atoms with Gasteiger partial charge in [-0.2, -0.15) is 5.10 Å². The minimum Gasteiger partial charge on any atom is -0.504 e. The van der Waals surface area contributed by atoms with Crippen molar-refractivity contribution < 1.29 is 14.8 Å². The summed E-state index contributed by atoms with van der Waals surface area (Å²) < 4.78 is 4.94. The quantitative estimate of drug-likeness (QED) is 0.311. The number of nitrogens with one attached hydrogen (secondary N) is 1. The molecule has 2 aromatic carbocycles. The van der Waals surface area contributed by atoms with E-state index >= 15 is 0 Å². The number of phenolic OH excluding ortho intramolecular Hbond substituents is 1. The standard InChI is InChI=1S/C17H12Cl2N4O4S/c1-27-15-6-11(23(25)26)4-9(16(15)24)7-20-22-17-21-14(8-28-17)12-3-2-10(18)5-13(12)19/h2-8,24H,1H3,(H,21,22)/b20-7+. The van der Waals surface area contributed by atoms with Crippen LogP contribution < -0.4 is 10.2 Å². The first-order valence-corrected chi connectivity index (χ1v) is 9.28. The van der Waals surface area contributed by atoms with E-state index in [4.69, 9.17) is 27.9 Å². The molecule has 0 amide bonds. The zero-order chi connectivity index (χ0) is 20.3. The smallest absolute Gasteiger partial charge is 0.274 e. The topological polar surface area (TPSA) is 110 Å². The fourth-order valence-electron chi connectivity index (χ4n) is 2.28. The highest BCUT2D eigenvalue weighted by molar-refractivity contribution is 7.14. The fraction of sp³-hybridized carbons (Fsp3) is 0.0588. The highest BCUT2D eigenvalue weighted by Gasteiger charge is 2.16. The molecule has 3 rings (SSSR count). The summed E-state index contributed by atoms with van der Waals surface area (Å²) in [7, 11) is 1.30. The average Bonchev–Trinajstić information content (AvgIpc) is 3.11. The van der Waals surface area contributed by atoms with Crippen molar-refractivity contribution >= 4 is 51.6 Å². The maximum Gasteiger partial charge on any atom is 0.274 e. The van der Waals surface area contributed by atoms with Gasteiger partial charge in [-0.15, -0.1) is 11.3 Å². The Bertz CT molecular complexity index is 1070. The van der Waals surface area contributed by atoms with Gasteiger partial charge < -0.3 is 9.84 Å². The van der Waals surface area contributed by atoms with Crippen LogP contribution in [-0.2, 0) is 0 Å². The molecule has 0 spiro atoms. The van der Waals surface area contributed by atoms with Crippen LogP contribution in [0.15, 0.2) is 40.8 Å². The number of hydrazone groups is 1. The van der Waals surface area contributed by atoms with E-state index in [2.05, 4.69) is 15.5 Å². The van der Waals surface area contributed by atoms with Gasteiger partial charge >= 0.3 is 0 Å². The number of aromatic nitrogens is 1. The van der Waals surface area contributed by atoms with E-state index in [1.165, 1.54) is 30.7 Å². The van der Waals surface area contributed by atoms with Crippen LogP contribution in [0.25, 0.3) is 11.3 Å². The number of non-ortho nitro benzene ring substituents is 1. The molecule has 11 heteroatoms. The molecule has 0 atom stereocenters. The number of aromatic hydroxyl groups is 1. The summed E-state index contributed by atoms with van der Waals surface area (Å²) in [5.74, 6) is -0.281. The molecule has 1 heterocycles. The van der Waals surface area contributed by atoms with E-state index < -0.39 is 4.92 Å². The van der Waals surface area contributed by atoms with Gasteiger partial charge in [0, 0.05) is 27.6 Å². The van der Waals surface area contributed by atoms with Crippen molar-refractivity contribution in [3.8, 4) is 22.8 Å². The van der Waals surface area contributed by atoms with Gasteiger partial charge in [-0.1, -0.05) is 23.2 Å². The van der Waals surface area contributed by atoms with Gasteiger partial charge in [-0.05, 0) is 18.2 Å². The van der Waals surface area contributed by atoms with Crippen molar-refractivity contribution in [3.63, 3.8) is 0 Å². The number of phenols is 1. The Kier molecular flexibility index (Phi) is 5.98. The molecule has 28 heavy (non-hydrogen) atoms. The number of hydrogen-bond acceptors (Lipinski definition) is 8. The van der Waals surface area contributed by atoms with Crippen molar-refractivity contribution in [2.45, 2.75) is 0 Å². The molecular weight excluding hydrogens is 427 g/mol. The summed E-state index contributed by atoms with van der Waals surface area (Å²) in [6, 6.07) is 7.42. The molecule has 0 radical (unpaired) electrons. The van der Waals surface area contributed by atoms with Crippen LogP contribution in [0.3, 0.4) is 0 Å². The van der Waals surface area contributed by atoms with Gasteiger partial charge in [-0.3, -0.25) is 15.5 Å². The predicted molar refractivity (Wildman–Crippen MR) is 110 cm³/mol. The third-order valence-corrected chi connectivity index (χ3v) is 4.89. The first-order valence-electron chi connectivity index (χ1n) is 7.64. The third kappa shape index (κ3) is 4.33. The molecular formula is C17H12Cl2N4O4S. The number of nitro benzene ring substituents is 1. The molecule has 0 fully saturated rings. The van der Waals surface area contributed by atoms with Gasteiger partial charge in [0.2, 0.25) is 5.13 Å².